The number of halogens is 2. The minimum absolute atomic E-state index is 0. The van der Waals surface area contributed by atoms with Crippen molar-refractivity contribution in [3.63, 3.8) is 0 Å². The fourth-order valence-corrected chi connectivity index (χ4v) is 2.92. The first-order chi connectivity index (χ1) is 12.2. The zero-order valence-electron chi connectivity index (χ0n) is 15.4. The summed E-state index contributed by atoms with van der Waals surface area (Å²) in [6.07, 6.45) is 1.31. The molecule has 27 heavy (non-hydrogen) atoms. The van der Waals surface area contributed by atoms with Crippen molar-refractivity contribution in [3.05, 3.63) is 48.7 Å². The van der Waals surface area contributed by atoms with Gasteiger partial charge in [0.25, 0.3) is 0 Å². The third kappa shape index (κ3) is 7.07. The van der Waals surface area contributed by atoms with E-state index in [2.05, 4.69) is 14.8 Å². The second-order valence-electron chi connectivity index (χ2n) is 6.12. The Morgan fingerprint density at radius 1 is 1.00 bits per heavy atom. The van der Waals surface area contributed by atoms with Crippen LogP contribution < -0.4 is 14.4 Å². The molecule has 150 valence electrons. The van der Waals surface area contributed by atoms with Gasteiger partial charge in [0.2, 0.25) is 0 Å². The van der Waals surface area contributed by atoms with Crippen LogP contribution in [0.15, 0.2) is 48.7 Å². The molecule has 2 aromatic rings. The number of hydrogen-bond acceptors (Lipinski definition) is 6. The number of rotatable bonds is 7. The van der Waals surface area contributed by atoms with Gasteiger partial charge in [-0.25, -0.2) is 4.98 Å². The number of methoxy groups -OCH3 is 1. The minimum atomic E-state index is -0.511. The van der Waals surface area contributed by atoms with Gasteiger partial charge in [-0.1, -0.05) is 6.07 Å². The van der Waals surface area contributed by atoms with Gasteiger partial charge in [-0.05, 0) is 36.4 Å². The number of aliphatic hydroxyl groups excluding tert-OH is 1. The van der Waals surface area contributed by atoms with Gasteiger partial charge < -0.3 is 19.5 Å². The summed E-state index contributed by atoms with van der Waals surface area (Å²) < 4.78 is 10.8. The van der Waals surface area contributed by atoms with Crippen LogP contribution in [-0.2, 0) is 0 Å². The first kappa shape index (κ1) is 23.3. The Labute approximate surface area is 172 Å². The fourth-order valence-electron chi connectivity index (χ4n) is 2.92. The van der Waals surface area contributed by atoms with E-state index in [4.69, 9.17) is 9.47 Å². The van der Waals surface area contributed by atoms with Crippen molar-refractivity contribution in [1.29, 1.82) is 0 Å². The maximum Gasteiger partial charge on any atom is 0.128 e. The van der Waals surface area contributed by atoms with Crippen LogP contribution in [0.1, 0.15) is 0 Å². The van der Waals surface area contributed by atoms with Crippen molar-refractivity contribution in [2.45, 2.75) is 6.10 Å². The second-order valence-corrected chi connectivity index (χ2v) is 6.12. The van der Waals surface area contributed by atoms with Gasteiger partial charge in [0.1, 0.15) is 30.0 Å². The van der Waals surface area contributed by atoms with Crippen LogP contribution in [0.4, 0.5) is 5.82 Å². The number of nitrogens with zero attached hydrogens (tertiary/aromatic N) is 3. The molecule has 1 aliphatic rings. The molecule has 0 spiro atoms. The van der Waals surface area contributed by atoms with Crippen molar-refractivity contribution in [2.75, 3.05) is 51.3 Å². The predicted molar refractivity (Wildman–Crippen MR) is 112 cm³/mol. The van der Waals surface area contributed by atoms with E-state index in [1.54, 1.807) is 7.11 Å². The lowest BCUT2D eigenvalue weighted by atomic mass is 10.2. The molecule has 3 rings (SSSR count). The number of benzene rings is 1. The molecule has 1 fully saturated rings. The number of aliphatic hydroxyl groups is 1. The van der Waals surface area contributed by atoms with Gasteiger partial charge in [0.15, 0.2) is 0 Å². The molecule has 0 radical (unpaired) electrons. The third-order valence-corrected chi connectivity index (χ3v) is 4.32. The second kappa shape index (κ2) is 11.9. The van der Waals surface area contributed by atoms with E-state index in [0.29, 0.717) is 6.54 Å². The molecule has 6 nitrogen and oxygen atoms in total. The number of anilines is 1. The Morgan fingerprint density at radius 3 is 2.26 bits per heavy atom. The van der Waals surface area contributed by atoms with Crippen LogP contribution in [0.3, 0.4) is 0 Å². The van der Waals surface area contributed by atoms with Gasteiger partial charge in [0, 0.05) is 38.9 Å². The molecule has 8 heteroatoms. The Balaban J connectivity index is 0.00000182. The molecule has 1 aromatic heterocycles. The summed E-state index contributed by atoms with van der Waals surface area (Å²) in [6, 6.07) is 13.4. The highest BCUT2D eigenvalue weighted by molar-refractivity contribution is 5.85. The monoisotopic (exact) mass is 415 g/mol. The maximum atomic E-state index is 10.2. The number of hydrogen-bond donors (Lipinski definition) is 1. The van der Waals surface area contributed by atoms with Crippen molar-refractivity contribution >= 4 is 30.6 Å². The zero-order valence-corrected chi connectivity index (χ0v) is 17.0. The molecule has 1 N–H and O–H groups in total. The van der Waals surface area contributed by atoms with Crippen LogP contribution in [0.2, 0.25) is 0 Å². The van der Waals surface area contributed by atoms with E-state index in [1.165, 1.54) is 0 Å². The van der Waals surface area contributed by atoms with Crippen molar-refractivity contribution in [3.8, 4) is 11.5 Å². The summed E-state index contributed by atoms with van der Waals surface area (Å²) in [6.45, 7) is 4.57. The van der Waals surface area contributed by atoms with Crippen LogP contribution in [-0.4, -0.2) is 67.5 Å². The predicted octanol–water partition coefficient (Wildman–Crippen LogP) is 2.50. The number of β-amino-alcohol motifs (C(OH)–C–C–N with tert-alkyl or cyclic N) is 1. The van der Waals surface area contributed by atoms with E-state index >= 15 is 0 Å². The molecule has 1 aromatic carbocycles. The molecule has 0 bridgehead atoms. The van der Waals surface area contributed by atoms with Crippen LogP contribution in [0.25, 0.3) is 0 Å². The first-order valence-corrected chi connectivity index (χ1v) is 8.58. The highest BCUT2D eigenvalue weighted by atomic mass is 35.5. The average molecular weight is 416 g/mol. The summed E-state index contributed by atoms with van der Waals surface area (Å²) in [4.78, 5) is 8.93. The quantitative estimate of drug-likeness (QED) is 0.749. The third-order valence-electron chi connectivity index (χ3n) is 4.32. The van der Waals surface area contributed by atoms with Crippen LogP contribution in [0, 0.1) is 0 Å². The molecule has 1 unspecified atom stereocenters. The van der Waals surface area contributed by atoms with Crippen LogP contribution in [0.5, 0.6) is 11.5 Å². The molecule has 0 saturated carbocycles. The van der Waals surface area contributed by atoms with Crippen LogP contribution >= 0.6 is 24.8 Å². The van der Waals surface area contributed by atoms with E-state index in [0.717, 1.165) is 43.5 Å². The topological polar surface area (TPSA) is 58.1 Å². The summed E-state index contributed by atoms with van der Waals surface area (Å²) >= 11 is 0. The largest absolute Gasteiger partial charge is 0.497 e. The van der Waals surface area contributed by atoms with Crippen molar-refractivity contribution in [1.82, 2.24) is 9.88 Å². The lowest BCUT2D eigenvalue weighted by Gasteiger charge is -2.36. The van der Waals surface area contributed by atoms with E-state index in [1.807, 2.05) is 48.7 Å². The van der Waals surface area contributed by atoms with E-state index < -0.39 is 6.10 Å². The zero-order chi connectivity index (χ0) is 17.5. The van der Waals surface area contributed by atoms with Gasteiger partial charge >= 0.3 is 0 Å². The Morgan fingerprint density at radius 2 is 1.67 bits per heavy atom. The number of ether oxygens (including phenoxy) is 2. The smallest absolute Gasteiger partial charge is 0.128 e. The van der Waals surface area contributed by atoms with Gasteiger partial charge in [-0.2, -0.15) is 0 Å². The molecule has 1 aliphatic heterocycles. The lowest BCUT2D eigenvalue weighted by Crippen LogP contribution is -2.49. The van der Waals surface area contributed by atoms with Gasteiger partial charge in [-0.15, -0.1) is 24.8 Å². The average Bonchev–Trinajstić information content (AvgIpc) is 2.68. The summed E-state index contributed by atoms with van der Waals surface area (Å²) in [5.41, 5.74) is 0. The highest BCUT2D eigenvalue weighted by Crippen LogP contribution is 2.17. The summed E-state index contributed by atoms with van der Waals surface area (Å²) in [5, 5.41) is 10.2. The fraction of sp³-hybridized carbons (Fsp3) is 0.421. The molecule has 1 atom stereocenters. The standard InChI is InChI=1S/C19H25N3O3.2ClH/c1-24-17-5-7-18(8-6-17)25-15-16(23)14-21-10-12-22(13-11-21)19-4-2-3-9-20-19;;/h2-9,16,23H,10-15H2,1H3;2*1H. The molecular formula is C19H27Cl2N3O3. The minimum Gasteiger partial charge on any atom is -0.497 e. The molecule has 1 saturated heterocycles. The van der Waals surface area contributed by atoms with Crippen molar-refractivity contribution in [2.24, 2.45) is 0 Å². The normalized spacial score (nSPS) is 15.3. The number of piperazine rings is 1. The Bertz CT molecular complexity index is 638. The molecule has 2 heterocycles. The Kier molecular flexibility index (Phi) is 10.3. The molecule has 0 amide bonds. The Hall–Kier alpha value is -1.73. The van der Waals surface area contributed by atoms with Gasteiger partial charge in [0.05, 0.1) is 7.11 Å². The molecule has 0 aliphatic carbocycles. The maximum absolute atomic E-state index is 10.2. The molecular weight excluding hydrogens is 389 g/mol. The van der Waals surface area contributed by atoms with Gasteiger partial charge in [-0.3, -0.25) is 4.90 Å². The summed E-state index contributed by atoms with van der Waals surface area (Å²) in [5.74, 6) is 2.55. The SMILES string of the molecule is COc1ccc(OCC(O)CN2CCN(c3ccccn3)CC2)cc1.Cl.Cl. The summed E-state index contributed by atoms with van der Waals surface area (Å²) in [7, 11) is 1.63. The van der Waals surface area contributed by atoms with E-state index in [9.17, 15) is 5.11 Å². The van der Waals surface area contributed by atoms with E-state index in [-0.39, 0.29) is 31.4 Å². The first-order valence-electron chi connectivity index (χ1n) is 8.58. The highest BCUT2D eigenvalue weighted by Gasteiger charge is 2.20. The lowest BCUT2D eigenvalue weighted by molar-refractivity contribution is 0.0662. The number of pyridine rings is 1. The van der Waals surface area contributed by atoms with Crippen molar-refractivity contribution < 1.29 is 14.6 Å². The number of aromatic nitrogens is 1.